The van der Waals surface area contributed by atoms with Crippen LogP contribution in [0.3, 0.4) is 0 Å². The van der Waals surface area contributed by atoms with Crippen molar-refractivity contribution in [1.82, 2.24) is 4.68 Å². The Bertz CT molecular complexity index is 530. The van der Waals surface area contributed by atoms with Crippen molar-refractivity contribution in [2.75, 3.05) is 5.84 Å². The van der Waals surface area contributed by atoms with Crippen molar-refractivity contribution in [1.29, 1.82) is 5.26 Å². The molecule has 1 aromatic heterocycles. The Balaban J connectivity index is 2.49. The van der Waals surface area contributed by atoms with Crippen molar-refractivity contribution in [3.63, 3.8) is 0 Å². The molecule has 0 bridgehead atoms. The zero-order chi connectivity index (χ0) is 14.4. The lowest BCUT2D eigenvalue weighted by atomic mass is 9.74. The Morgan fingerprint density at radius 1 is 1.58 bits per heavy atom. The molecule has 0 radical (unpaired) electrons. The number of rotatable bonds is 2. The molecule has 0 amide bonds. The number of nitrogens with two attached hydrogens (primary N) is 1. The van der Waals surface area contributed by atoms with E-state index in [1.165, 1.54) is 6.07 Å². The third-order valence-corrected chi connectivity index (χ3v) is 4.51. The van der Waals surface area contributed by atoms with Crippen LogP contribution in [0.4, 0.5) is 4.39 Å². The quantitative estimate of drug-likeness (QED) is 0.836. The van der Waals surface area contributed by atoms with Gasteiger partial charge in [0, 0.05) is 11.5 Å². The maximum Gasteiger partial charge on any atom is 0.150 e. The molecule has 0 aromatic carbocycles. The van der Waals surface area contributed by atoms with Gasteiger partial charge in [-0.3, -0.25) is 4.68 Å². The van der Waals surface area contributed by atoms with Gasteiger partial charge in [-0.25, -0.2) is 4.39 Å². The molecular formula is C14H20FN3O. The van der Waals surface area contributed by atoms with Gasteiger partial charge in [0.15, 0.2) is 0 Å². The minimum absolute atomic E-state index is 0.0832. The van der Waals surface area contributed by atoms with E-state index in [9.17, 15) is 4.39 Å². The number of nitriles is 1. The van der Waals surface area contributed by atoms with Crippen LogP contribution in [0.25, 0.3) is 0 Å². The number of nitrogens with zero attached hydrogens (tertiary/aromatic N) is 2. The van der Waals surface area contributed by atoms with E-state index >= 15 is 0 Å². The van der Waals surface area contributed by atoms with Gasteiger partial charge in [-0.2, -0.15) is 5.26 Å². The van der Waals surface area contributed by atoms with Gasteiger partial charge in [-0.1, -0.05) is 27.7 Å². The highest BCUT2D eigenvalue weighted by Crippen LogP contribution is 2.52. The first-order valence-electron chi connectivity index (χ1n) is 6.56. The summed E-state index contributed by atoms with van der Waals surface area (Å²) in [6.45, 7) is 8.27. The number of hydrogen-bond donors (Lipinski definition) is 1. The summed E-state index contributed by atoms with van der Waals surface area (Å²) in [6, 6.07) is 3.05. The van der Waals surface area contributed by atoms with Crippen molar-refractivity contribution < 1.29 is 9.13 Å². The van der Waals surface area contributed by atoms with Crippen molar-refractivity contribution in [3.05, 3.63) is 23.3 Å². The van der Waals surface area contributed by atoms with E-state index in [1.54, 1.807) is 0 Å². The van der Waals surface area contributed by atoms with E-state index in [0.29, 0.717) is 5.92 Å². The van der Waals surface area contributed by atoms with E-state index in [-0.39, 0.29) is 22.9 Å². The molecule has 1 aliphatic rings. The summed E-state index contributed by atoms with van der Waals surface area (Å²) in [5, 5.41) is 8.92. The van der Waals surface area contributed by atoms with Gasteiger partial charge in [0.25, 0.3) is 0 Å². The molecule has 0 saturated carbocycles. The molecular weight excluding hydrogens is 245 g/mol. The van der Waals surface area contributed by atoms with Gasteiger partial charge >= 0.3 is 0 Å². The molecule has 19 heavy (non-hydrogen) atoms. The summed E-state index contributed by atoms with van der Waals surface area (Å²) in [4.78, 5) is 0. The summed E-state index contributed by atoms with van der Waals surface area (Å²) in [6.07, 6.45) is 0.526. The summed E-state index contributed by atoms with van der Waals surface area (Å²) in [5.41, 5.74) is 0.146. The molecule has 1 saturated heterocycles. The number of ether oxygens (including phenoxy) is 1. The average molecular weight is 265 g/mol. The molecule has 2 heterocycles. The minimum Gasteiger partial charge on any atom is -0.368 e. The van der Waals surface area contributed by atoms with E-state index in [0.717, 1.165) is 11.1 Å². The zero-order valence-corrected chi connectivity index (χ0v) is 11.8. The summed E-state index contributed by atoms with van der Waals surface area (Å²) in [7, 11) is 0. The molecule has 1 aliphatic heterocycles. The summed E-state index contributed by atoms with van der Waals surface area (Å²) >= 11 is 0. The van der Waals surface area contributed by atoms with Crippen LogP contribution < -0.4 is 5.84 Å². The van der Waals surface area contributed by atoms with Gasteiger partial charge < -0.3 is 10.6 Å². The predicted molar refractivity (Wildman–Crippen MR) is 70.1 cm³/mol. The second-order valence-electron chi connectivity index (χ2n) is 5.82. The molecule has 0 spiro atoms. The highest BCUT2D eigenvalue weighted by Gasteiger charge is 2.50. The second-order valence-corrected chi connectivity index (χ2v) is 5.82. The second kappa shape index (κ2) is 4.53. The Labute approximate surface area is 112 Å². The van der Waals surface area contributed by atoms with Crippen molar-refractivity contribution in [3.8, 4) is 6.07 Å². The van der Waals surface area contributed by atoms with Crippen LogP contribution in [-0.4, -0.2) is 10.8 Å². The van der Waals surface area contributed by atoms with Crippen LogP contribution >= 0.6 is 0 Å². The Kier molecular flexibility index (Phi) is 3.31. The van der Waals surface area contributed by atoms with Crippen molar-refractivity contribution >= 4 is 0 Å². The Morgan fingerprint density at radius 2 is 2.21 bits per heavy atom. The van der Waals surface area contributed by atoms with Crippen molar-refractivity contribution in [2.24, 2.45) is 11.3 Å². The minimum atomic E-state index is -0.471. The number of halogens is 1. The van der Waals surface area contributed by atoms with Gasteiger partial charge in [0.2, 0.25) is 0 Å². The SMILES string of the molecule is CC[C@H]1O[C@@H](c2c(F)cc(C#N)n2N)C(C)(C)[C@@H]1C. The fourth-order valence-corrected chi connectivity index (χ4v) is 2.90. The molecule has 0 aliphatic carbocycles. The lowest BCUT2D eigenvalue weighted by Gasteiger charge is -2.29. The standard InChI is InChI=1S/C14H20FN3O/c1-5-11-8(2)14(3,4)13(19-11)12-10(15)6-9(7-16)18(12)17/h6,8,11,13H,5,17H2,1-4H3/t8-,11-,13+/m1/s1. The zero-order valence-electron chi connectivity index (χ0n) is 11.8. The number of aromatic nitrogens is 1. The van der Waals surface area contributed by atoms with E-state index < -0.39 is 11.9 Å². The fraction of sp³-hybridized carbons (Fsp3) is 0.643. The van der Waals surface area contributed by atoms with Gasteiger partial charge in [0.05, 0.1) is 6.10 Å². The van der Waals surface area contributed by atoms with E-state index in [4.69, 9.17) is 15.8 Å². The van der Waals surface area contributed by atoms with Gasteiger partial charge in [0.1, 0.15) is 29.4 Å². The van der Waals surface area contributed by atoms with Crippen LogP contribution in [-0.2, 0) is 4.74 Å². The van der Waals surface area contributed by atoms with Crippen LogP contribution in [0.1, 0.15) is 51.6 Å². The smallest absolute Gasteiger partial charge is 0.150 e. The highest BCUT2D eigenvalue weighted by atomic mass is 19.1. The third kappa shape index (κ3) is 1.91. The monoisotopic (exact) mass is 265 g/mol. The molecule has 0 unspecified atom stereocenters. The molecule has 104 valence electrons. The van der Waals surface area contributed by atoms with Gasteiger partial charge in [-0.05, 0) is 12.3 Å². The fourth-order valence-electron chi connectivity index (χ4n) is 2.90. The lowest BCUT2D eigenvalue weighted by Crippen LogP contribution is -2.28. The topological polar surface area (TPSA) is 64.0 Å². The summed E-state index contributed by atoms with van der Waals surface area (Å²) < 4.78 is 21.2. The predicted octanol–water partition coefficient (Wildman–Crippen LogP) is 2.72. The Morgan fingerprint density at radius 3 is 2.63 bits per heavy atom. The molecule has 5 heteroatoms. The van der Waals surface area contributed by atoms with E-state index in [1.807, 2.05) is 6.07 Å². The van der Waals surface area contributed by atoms with E-state index in [2.05, 4.69) is 27.7 Å². The molecule has 2 N–H and O–H groups in total. The Hall–Kier alpha value is -1.54. The average Bonchev–Trinajstić information content (AvgIpc) is 2.76. The molecule has 4 nitrogen and oxygen atoms in total. The van der Waals surface area contributed by atoms with Crippen LogP contribution in [0.15, 0.2) is 6.07 Å². The normalized spacial score (nSPS) is 29.4. The maximum absolute atomic E-state index is 14.1. The first kappa shape index (κ1) is 13.9. The molecule has 1 fully saturated rings. The molecule has 1 aromatic rings. The first-order valence-corrected chi connectivity index (χ1v) is 6.56. The summed E-state index contributed by atoms with van der Waals surface area (Å²) in [5.74, 6) is 5.64. The van der Waals surface area contributed by atoms with Gasteiger partial charge in [-0.15, -0.1) is 0 Å². The van der Waals surface area contributed by atoms with Crippen molar-refractivity contribution in [2.45, 2.75) is 46.3 Å². The van der Waals surface area contributed by atoms with Crippen LogP contribution in [0.5, 0.6) is 0 Å². The largest absolute Gasteiger partial charge is 0.368 e. The molecule has 3 atom stereocenters. The lowest BCUT2D eigenvalue weighted by molar-refractivity contribution is 0.00982. The first-order chi connectivity index (χ1) is 8.84. The third-order valence-electron chi connectivity index (χ3n) is 4.51. The maximum atomic E-state index is 14.1. The van der Waals surface area contributed by atoms with Crippen LogP contribution in [0, 0.1) is 28.5 Å². The molecule has 2 rings (SSSR count). The van der Waals surface area contributed by atoms with Crippen LogP contribution in [0.2, 0.25) is 0 Å². The highest BCUT2D eigenvalue weighted by molar-refractivity contribution is 5.31. The number of nitrogen functional groups attached to an aromatic ring is 1. The number of hydrogen-bond acceptors (Lipinski definition) is 3.